The van der Waals surface area contributed by atoms with Crippen LogP contribution in [0.5, 0.6) is 5.75 Å². The van der Waals surface area contributed by atoms with Crippen molar-refractivity contribution in [1.82, 2.24) is 0 Å². The summed E-state index contributed by atoms with van der Waals surface area (Å²) in [6.07, 6.45) is 4.66. The fourth-order valence-electron chi connectivity index (χ4n) is 2.98. The van der Waals surface area contributed by atoms with Gasteiger partial charge in [0.15, 0.2) is 0 Å². The summed E-state index contributed by atoms with van der Waals surface area (Å²) < 4.78 is 5.00. The Morgan fingerprint density at radius 2 is 2.05 bits per heavy atom. The normalized spacial score (nSPS) is 22.5. The zero-order chi connectivity index (χ0) is 14.5. The van der Waals surface area contributed by atoms with Crippen molar-refractivity contribution in [1.29, 1.82) is 0 Å². The summed E-state index contributed by atoms with van der Waals surface area (Å²) in [6, 6.07) is 5.20. The average Bonchev–Trinajstić information content (AvgIpc) is 2.40. The van der Waals surface area contributed by atoms with Crippen molar-refractivity contribution in [2.45, 2.75) is 44.9 Å². The number of rotatable bonds is 4. The lowest BCUT2D eigenvalue weighted by Gasteiger charge is -2.28. The maximum Gasteiger partial charge on any atom is 0.306 e. The molecule has 0 radical (unpaired) electrons. The first-order valence-corrected chi connectivity index (χ1v) is 7.62. The van der Waals surface area contributed by atoms with E-state index in [0.717, 1.165) is 31.2 Å². The molecule has 110 valence electrons. The zero-order valence-electron chi connectivity index (χ0n) is 11.8. The van der Waals surface area contributed by atoms with Gasteiger partial charge in [0.1, 0.15) is 5.75 Å². The second-order valence-corrected chi connectivity index (χ2v) is 5.84. The van der Waals surface area contributed by atoms with Gasteiger partial charge in [-0.1, -0.05) is 17.7 Å². The summed E-state index contributed by atoms with van der Waals surface area (Å²) in [7, 11) is 0. The molecule has 0 bridgehead atoms. The van der Waals surface area contributed by atoms with Gasteiger partial charge in [-0.2, -0.15) is 0 Å². The lowest BCUT2D eigenvalue weighted by molar-refractivity contribution is -0.144. The summed E-state index contributed by atoms with van der Waals surface area (Å²) in [5, 5.41) is 10.0. The Labute approximate surface area is 124 Å². The number of phenolic OH excluding ortho intramolecular Hbond substituents is 1. The number of carbonyl (C=O) groups is 1. The highest BCUT2D eigenvalue weighted by Gasteiger charge is 2.25. The van der Waals surface area contributed by atoms with Gasteiger partial charge in [-0.05, 0) is 62.1 Å². The minimum Gasteiger partial charge on any atom is -0.508 e. The number of ether oxygens (including phenoxy) is 1. The third-order valence-corrected chi connectivity index (χ3v) is 4.36. The van der Waals surface area contributed by atoms with Gasteiger partial charge in [0, 0.05) is 11.4 Å². The molecule has 2 rings (SSSR count). The van der Waals surface area contributed by atoms with Crippen LogP contribution in [0.15, 0.2) is 18.2 Å². The van der Waals surface area contributed by atoms with Crippen LogP contribution in [-0.2, 0) is 9.53 Å². The molecular formula is C16H21ClO3. The summed E-state index contributed by atoms with van der Waals surface area (Å²) in [6.45, 7) is 2.29. The highest BCUT2D eigenvalue weighted by atomic mass is 35.5. The van der Waals surface area contributed by atoms with Crippen LogP contribution < -0.4 is 0 Å². The first-order valence-electron chi connectivity index (χ1n) is 7.24. The lowest BCUT2D eigenvalue weighted by Crippen LogP contribution is -2.18. The fraction of sp³-hybridized carbons (Fsp3) is 0.562. The predicted molar refractivity (Wildman–Crippen MR) is 79.1 cm³/mol. The van der Waals surface area contributed by atoms with Gasteiger partial charge in [-0.3, -0.25) is 4.79 Å². The quantitative estimate of drug-likeness (QED) is 0.844. The van der Waals surface area contributed by atoms with E-state index in [9.17, 15) is 9.90 Å². The van der Waals surface area contributed by atoms with E-state index in [2.05, 4.69) is 0 Å². The molecule has 1 aliphatic rings. The molecule has 1 fully saturated rings. The molecule has 0 aliphatic heterocycles. The highest BCUT2D eigenvalue weighted by molar-refractivity contribution is 6.31. The van der Waals surface area contributed by atoms with Crippen molar-refractivity contribution >= 4 is 17.6 Å². The molecule has 4 heteroatoms. The molecule has 3 nitrogen and oxygen atoms in total. The Morgan fingerprint density at radius 1 is 1.35 bits per heavy atom. The van der Waals surface area contributed by atoms with Gasteiger partial charge in [0.25, 0.3) is 0 Å². The Hall–Kier alpha value is -1.22. The molecule has 0 aromatic heterocycles. The SMILES string of the molecule is CCOC(=O)C[C@H]1CC[C@@H](c2ccc(O)cc2Cl)CC1. The van der Waals surface area contributed by atoms with Gasteiger partial charge in [0.2, 0.25) is 0 Å². The van der Waals surface area contributed by atoms with E-state index in [1.54, 1.807) is 12.1 Å². The molecule has 0 unspecified atom stereocenters. The molecule has 0 spiro atoms. The predicted octanol–water partition coefficient (Wildman–Crippen LogP) is 4.27. The van der Waals surface area contributed by atoms with Crippen LogP contribution in [0.4, 0.5) is 0 Å². The smallest absolute Gasteiger partial charge is 0.306 e. The number of esters is 1. The number of hydrogen-bond donors (Lipinski definition) is 1. The summed E-state index contributed by atoms with van der Waals surface area (Å²) in [4.78, 5) is 11.5. The molecule has 0 amide bonds. The number of benzene rings is 1. The molecule has 0 atom stereocenters. The van der Waals surface area contributed by atoms with E-state index >= 15 is 0 Å². The van der Waals surface area contributed by atoms with Crippen molar-refractivity contribution in [3.63, 3.8) is 0 Å². The van der Waals surface area contributed by atoms with Crippen LogP contribution >= 0.6 is 11.6 Å². The van der Waals surface area contributed by atoms with Gasteiger partial charge in [-0.15, -0.1) is 0 Å². The number of aromatic hydroxyl groups is 1. The van der Waals surface area contributed by atoms with Crippen molar-refractivity contribution in [2.24, 2.45) is 5.92 Å². The molecule has 1 aromatic rings. The largest absolute Gasteiger partial charge is 0.508 e. The van der Waals surface area contributed by atoms with Crippen LogP contribution in [0.1, 0.15) is 50.5 Å². The van der Waals surface area contributed by atoms with Gasteiger partial charge < -0.3 is 9.84 Å². The van der Waals surface area contributed by atoms with Crippen LogP contribution in [0, 0.1) is 5.92 Å². The minimum absolute atomic E-state index is 0.0846. The van der Waals surface area contributed by atoms with Crippen molar-refractivity contribution in [3.8, 4) is 5.75 Å². The van der Waals surface area contributed by atoms with Crippen molar-refractivity contribution < 1.29 is 14.6 Å². The maximum atomic E-state index is 11.5. The first-order chi connectivity index (χ1) is 9.60. The lowest BCUT2D eigenvalue weighted by atomic mass is 9.77. The van der Waals surface area contributed by atoms with E-state index in [1.807, 2.05) is 13.0 Å². The van der Waals surface area contributed by atoms with Gasteiger partial charge >= 0.3 is 5.97 Å². The molecular weight excluding hydrogens is 276 g/mol. The topological polar surface area (TPSA) is 46.5 Å². The molecule has 0 saturated heterocycles. The third-order valence-electron chi connectivity index (χ3n) is 4.03. The number of carbonyl (C=O) groups excluding carboxylic acids is 1. The summed E-state index contributed by atoms with van der Waals surface area (Å²) >= 11 is 6.19. The first kappa shape index (κ1) is 15.2. The van der Waals surface area contributed by atoms with E-state index in [0.29, 0.717) is 29.9 Å². The molecule has 0 heterocycles. The van der Waals surface area contributed by atoms with E-state index in [-0.39, 0.29) is 11.7 Å². The zero-order valence-corrected chi connectivity index (χ0v) is 12.5. The third kappa shape index (κ3) is 3.89. The van der Waals surface area contributed by atoms with Crippen molar-refractivity contribution in [3.05, 3.63) is 28.8 Å². The minimum atomic E-state index is -0.0846. The summed E-state index contributed by atoms with van der Waals surface area (Å²) in [5.41, 5.74) is 1.11. The van der Waals surface area contributed by atoms with E-state index in [4.69, 9.17) is 16.3 Å². The highest BCUT2D eigenvalue weighted by Crippen LogP contribution is 2.40. The van der Waals surface area contributed by atoms with Crippen molar-refractivity contribution in [2.75, 3.05) is 6.61 Å². The standard InChI is InChI=1S/C16H21ClO3/c1-2-20-16(19)9-11-3-5-12(6-4-11)14-8-7-13(18)10-15(14)17/h7-8,10-12,18H,2-6,9H2,1H3/t11-,12+. The number of phenols is 1. The summed E-state index contributed by atoms with van der Waals surface area (Å²) in [5.74, 6) is 0.982. The van der Waals surface area contributed by atoms with Crippen LogP contribution in [0.25, 0.3) is 0 Å². The Balaban J connectivity index is 1.89. The molecule has 1 aromatic carbocycles. The Bertz CT molecular complexity index is 465. The monoisotopic (exact) mass is 296 g/mol. The van der Waals surface area contributed by atoms with Crippen LogP contribution in [0.3, 0.4) is 0 Å². The Morgan fingerprint density at radius 3 is 2.65 bits per heavy atom. The number of hydrogen-bond acceptors (Lipinski definition) is 3. The molecule has 20 heavy (non-hydrogen) atoms. The van der Waals surface area contributed by atoms with E-state index in [1.165, 1.54) is 0 Å². The maximum absolute atomic E-state index is 11.5. The van der Waals surface area contributed by atoms with Gasteiger partial charge in [0.05, 0.1) is 6.61 Å². The average molecular weight is 297 g/mol. The molecule has 1 N–H and O–H groups in total. The second-order valence-electron chi connectivity index (χ2n) is 5.43. The fourth-order valence-corrected chi connectivity index (χ4v) is 3.31. The van der Waals surface area contributed by atoms with E-state index < -0.39 is 0 Å². The molecule has 1 aliphatic carbocycles. The Kier molecular flexibility index (Phi) is 5.30. The molecule has 1 saturated carbocycles. The van der Waals surface area contributed by atoms with Gasteiger partial charge in [-0.25, -0.2) is 0 Å². The number of halogens is 1. The second kappa shape index (κ2) is 6.98. The van der Waals surface area contributed by atoms with Crippen LogP contribution in [-0.4, -0.2) is 17.7 Å². The van der Waals surface area contributed by atoms with Crippen LogP contribution in [0.2, 0.25) is 5.02 Å².